The second-order valence-corrected chi connectivity index (χ2v) is 5.82. The van der Waals surface area contributed by atoms with E-state index < -0.39 is 5.97 Å². The van der Waals surface area contributed by atoms with Crippen molar-refractivity contribution >= 4 is 11.8 Å². The van der Waals surface area contributed by atoms with Gasteiger partial charge in [-0.2, -0.15) is 0 Å². The zero-order valence-electron chi connectivity index (χ0n) is 12.5. The Balaban J connectivity index is 2.11. The van der Waals surface area contributed by atoms with Crippen LogP contribution in [0.4, 0.5) is 0 Å². The van der Waals surface area contributed by atoms with Gasteiger partial charge in [0.1, 0.15) is 18.3 Å². The highest BCUT2D eigenvalue weighted by Gasteiger charge is 2.39. The molecule has 0 fully saturated rings. The first-order valence-corrected chi connectivity index (χ1v) is 7.04. The minimum atomic E-state index is -0.437. The molecule has 0 aromatic rings. The molecule has 0 saturated heterocycles. The van der Waals surface area contributed by atoms with E-state index in [9.17, 15) is 9.59 Å². The minimum absolute atomic E-state index is 0.116. The number of Topliss-reactive ketones (excluding diaryl/α,β-unsaturated/α-hetero) is 1. The molecule has 0 radical (unpaired) electrons. The number of hydrogen-bond acceptors (Lipinski definition) is 4. The smallest absolute Gasteiger partial charge is 0.313 e. The van der Waals surface area contributed by atoms with Crippen molar-refractivity contribution in [3.8, 4) is 0 Å². The Morgan fingerprint density at radius 2 is 2.05 bits per heavy atom. The number of carbonyl (C=O) groups excluding carboxylic acids is 2. The first-order valence-electron chi connectivity index (χ1n) is 7.04. The summed E-state index contributed by atoms with van der Waals surface area (Å²) in [5, 5.41) is 0. The number of rotatable bonds is 4. The second kappa shape index (κ2) is 5.92. The van der Waals surface area contributed by atoms with Crippen LogP contribution >= 0.6 is 0 Å². The van der Waals surface area contributed by atoms with Crippen LogP contribution in [0.25, 0.3) is 0 Å². The van der Waals surface area contributed by atoms with Gasteiger partial charge in [-0.25, -0.2) is 0 Å². The highest BCUT2D eigenvalue weighted by atomic mass is 16.5. The molecule has 2 aliphatic carbocycles. The summed E-state index contributed by atoms with van der Waals surface area (Å²) in [4.78, 5) is 22.5. The van der Waals surface area contributed by atoms with Crippen LogP contribution in [0.3, 0.4) is 0 Å². The maximum atomic E-state index is 11.6. The minimum Gasteiger partial charge on any atom is -0.458 e. The molecular formula is C16H22O4. The normalized spacial score (nSPS) is 32.2. The Hall–Kier alpha value is -1.42. The van der Waals surface area contributed by atoms with Crippen molar-refractivity contribution in [3.05, 3.63) is 23.3 Å². The monoisotopic (exact) mass is 278 g/mol. The maximum Gasteiger partial charge on any atom is 0.313 e. The molecule has 20 heavy (non-hydrogen) atoms. The summed E-state index contributed by atoms with van der Waals surface area (Å²) in [7, 11) is 1.73. The summed E-state index contributed by atoms with van der Waals surface area (Å²) in [6.45, 7) is 5.61. The number of ether oxygens (including phenoxy) is 2. The lowest BCUT2D eigenvalue weighted by molar-refractivity contribution is -0.149. The van der Waals surface area contributed by atoms with Gasteiger partial charge in [0.2, 0.25) is 0 Å². The summed E-state index contributed by atoms with van der Waals surface area (Å²) >= 11 is 0. The van der Waals surface area contributed by atoms with Crippen molar-refractivity contribution in [3.63, 3.8) is 0 Å². The zero-order valence-corrected chi connectivity index (χ0v) is 12.5. The molecule has 2 aliphatic rings. The fourth-order valence-corrected chi connectivity index (χ4v) is 3.25. The van der Waals surface area contributed by atoms with Crippen LogP contribution in [0.1, 0.15) is 33.6 Å². The van der Waals surface area contributed by atoms with E-state index in [1.807, 2.05) is 6.08 Å². The lowest BCUT2D eigenvalue weighted by atomic mass is 9.77. The van der Waals surface area contributed by atoms with Gasteiger partial charge >= 0.3 is 5.97 Å². The van der Waals surface area contributed by atoms with Crippen LogP contribution in [0.5, 0.6) is 0 Å². The Bertz CT molecular complexity index is 475. The molecule has 0 saturated carbocycles. The molecule has 0 amide bonds. The molecule has 4 heteroatoms. The molecule has 110 valence electrons. The predicted octanol–water partition coefficient (Wildman–Crippen LogP) is 2.43. The fraction of sp³-hybridized carbons (Fsp3) is 0.625. The van der Waals surface area contributed by atoms with Crippen LogP contribution in [0.15, 0.2) is 23.3 Å². The Labute approximate surface area is 119 Å². The number of ketones is 1. The molecule has 0 spiro atoms. The van der Waals surface area contributed by atoms with Crippen molar-refractivity contribution in [2.75, 3.05) is 7.11 Å². The van der Waals surface area contributed by atoms with Crippen LogP contribution in [0.2, 0.25) is 0 Å². The Kier molecular flexibility index (Phi) is 4.43. The highest BCUT2D eigenvalue weighted by molar-refractivity contribution is 5.94. The number of hydrogen-bond donors (Lipinski definition) is 0. The number of esters is 1. The van der Waals surface area contributed by atoms with E-state index in [0.29, 0.717) is 11.8 Å². The molecule has 0 N–H and O–H groups in total. The largest absolute Gasteiger partial charge is 0.458 e. The summed E-state index contributed by atoms with van der Waals surface area (Å²) in [6.07, 6.45) is 4.67. The van der Waals surface area contributed by atoms with Gasteiger partial charge in [-0.15, -0.1) is 0 Å². The van der Waals surface area contributed by atoms with Crippen molar-refractivity contribution < 1.29 is 19.1 Å². The number of allylic oxidation sites excluding steroid dienone is 1. The zero-order chi connectivity index (χ0) is 14.9. The summed E-state index contributed by atoms with van der Waals surface area (Å²) in [6, 6.07) is 0. The summed E-state index contributed by atoms with van der Waals surface area (Å²) < 4.78 is 10.9. The van der Waals surface area contributed by atoms with Gasteiger partial charge in [-0.05, 0) is 43.4 Å². The van der Waals surface area contributed by atoms with Crippen LogP contribution in [-0.4, -0.2) is 31.1 Å². The van der Waals surface area contributed by atoms with Gasteiger partial charge in [0.25, 0.3) is 0 Å². The Morgan fingerprint density at radius 1 is 1.35 bits per heavy atom. The third-order valence-electron chi connectivity index (χ3n) is 4.11. The number of fused-ring (bicyclic) bond motifs is 1. The third kappa shape index (κ3) is 3.01. The van der Waals surface area contributed by atoms with Gasteiger partial charge in [0.15, 0.2) is 0 Å². The molecule has 0 heterocycles. The van der Waals surface area contributed by atoms with E-state index in [4.69, 9.17) is 9.47 Å². The van der Waals surface area contributed by atoms with Gasteiger partial charge < -0.3 is 9.47 Å². The number of carbonyl (C=O) groups is 2. The first kappa shape index (κ1) is 15.0. The van der Waals surface area contributed by atoms with Crippen molar-refractivity contribution in [2.24, 2.45) is 11.8 Å². The SMILES string of the molecule is CO[C@H]1C=C(C)C2=C[C@@H](OC(=O)CC(C)=O)C[C@@H](C)[C@@H]21. The summed E-state index contributed by atoms with van der Waals surface area (Å²) in [5.74, 6) is 0.125. The average molecular weight is 278 g/mol. The maximum absolute atomic E-state index is 11.6. The van der Waals surface area contributed by atoms with E-state index in [0.717, 1.165) is 6.42 Å². The third-order valence-corrected chi connectivity index (χ3v) is 4.11. The van der Waals surface area contributed by atoms with Crippen molar-refractivity contribution in [1.82, 2.24) is 0 Å². The molecule has 4 atom stereocenters. The van der Waals surface area contributed by atoms with Gasteiger partial charge in [0, 0.05) is 13.0 Å². The molecule has 2 rings (SSSR count). The van der Waals surface area contributed by atoms with Crippen LogP contribution in [0, 0.1) is 11.8 Å². The lowest BCUT2D eigenvalue weighted by Crippen LogP contribution is -2.33. The quantitative estimate of drug-likeness (QED) is 0.585. The van der Waals surface area contributed by atoms with Gasteiger partial charge in [0.05, 0.1) is 6.10 Å². The highest BCUT2D eigenvalue weighted by Crippen LogP contribution is 2.43. The van der Waals surface area contributed by atoms with E-state index >= 15 is 0 Å². The second-order valence-electron chi connectivity index (χ2n) is 5.82. The van der Waals surface area contributed by atoms with Crippen LogP contribution < -0.4 is 0 Å². The number of methoxy groups -OCH3 is 1. The molecule has 0 unspecified atom stereocenters. The first-order chi connectivity index (χ1) is 9.42. The van der Waals surface area contributed by atoms with E-state index in [1.165, 1.54) is 18.1 Å². The fourth-order valence-electron chi connectivity index (χ4n) is 3.25. The lowest BCUT2D eigenvalue weighted by Gasteiger charge is -2.33. The molecule has 4 nitrogen and oxygen atoms in total. The van der Waals surface area contributed by atoms with Crippen molar-refractivity contribution in [2.45, 2.75) is 45.8 Å². The topological polar surface area (TPSA) is 52.6 Å². The predicted molar refractivity (Wildman–Crippen MR) is 75.1 cm³/mol. The van der Waals surface area contributed by atoms with Gasteiger partial charge in [-0.1, -0.05) is 13.0 Å². The van der Waals surface area contributed by atoms with Gasteiger partial charge in [-0.3, -0.25) is 9.59 Å². The molecule has 0 aromatic carbocycles. The molecule has 0 aliphatic heterocycles. The standard InChI is InChI=1S/C16H22O4/c1-9-6-14(19-4)16-10(2)5-12(8-13(9)16)20-15(18)7-11(3)17/h6,8,10,12,14,16H,5,7H2,1-4H3/t10-,12+,14+,16+/m1/s1. The molecule has 0 aromatic heterocycles. The summed E-state index contributed by atoms with van der Waals surface area (Å²) in [5.41, 5.74) is 2.41. The molecular weight excluding hydrogens is 256 g/mol. The Morgan fingerprint density at radius 3 is 2.65 bits per heavy atom. The average Bonchev–Trinajstić information content (AvgIpc) is 2.65. The van der Waals surface area contributed by atoms with Crippen molar-refractivity contribution in [1.29, 1.82) is 0 Å². The molecule has 0 bridgehead atoms. The van der Waals surface area contributed by atoms with E-state index in [1.54, 1.807) is 7.11 Å². The van der Waals surface area contributed by atoms with E-state index in [2.05, 4.69) is 19.9 Å². The van der Waals surface area contributed by atoms with Crippen LogP contribution in [-0.2, 0) is 19.1 Å². The van der Waals surface area contributed by atoms with E-state index in [-0.39, 0.29) is 24.4 Å².